The maximum absolute atomic E-state index is 13.4. The first-order valence-electron chi connectivity index (χ1n) is 11.6. The van der Waals surface area contributed by atoms with Crippen molar-refractivity contribution in [2.24, 2.45) is 0 Å². The van der Waals surface area contributed by atoms with E-state index in [-0.39, 0.29) is 17.7 Å². The molecule has 3 aromatic rings. The van der Waals surface area contributed by atoms with Gasteiger partial charge in [-0.25, -0.2) is 0 Å². The van der Waals surface area contributed by atoms with Gasteiger partial charge in [0.1, 0.15) is 5.75 Å². The molecule has 0 aliphatic carbocycles. The summed E-state index contributed by atoms with van der Waals surface area (Å²) < 4.78 is 5.46. The number of methoxy groups -OCH3 is 1. The molecule has 1 fully saturated rings. The van der Waals surface area contributed by atoms with Gasteiger partial charge in [0.25, 0.3) is 5.91 Å². The number of hydrogen-bond acceptors (Lipinski definition) is 4. The number of imide groups is 1. The number of amides is 3. The van der Waals surface area contributed by atoms with Crippen LogP contribution in [0.2, 0.25) is 0 Å². The maximum Gasteiger partial charge on any atom is 0.256 e. The molecule has 35 heavy (non-hydrogen) atoms. The van der Waals surface area contributed by atoms with E-state index in [4.69, 9.17) is 4.74 Å². The van der Waals surface area contributed by atoms with Gasteiger partial charge in [0.15, 0.2) is 0 Å². The van der Waals surface area contributed by atoms with Crippen LogP contribution in [-0.2, 0) is 19.8 Å². The molecule has 178 valence electrons. The van der Waals surface area contributed by atoms with E-state index in [0.29, 0.717) is 36.3 Å². The van der Waals surface area contributed by atoms with Crippen LogP contribution in [0.1, 0.15) is 42.9 Å². The number of anilines is 1. The second-order valence-corrected chi connectivity index (χ2v) is 8.51. The molecule has 1 aliphatic rings. The molecule has 0 radical (unpaired) electrons. The Bertz CT molecular complexity index is 1270. The van der Waals surface area contributed by atoms with Gasteiger partial charge >= 0.3 is 0 Å². The van der Waals surface area contributed by atoms with Gasteiger partial charge < -0.3 is 10.1 Å². The highest BCUT2D eigenvalue weighted by Crippen LogP contribution is 2.36. The van der Waals surface area contributed by atoms with Gasteiger partial charge in [-0.2, -0.15) is 0 Å². The molecule has 6 heteroatoms. The van der Waals surface area contributed by atoms with Crippen molar-refractivity contribution in [3.63, 3.8) is 0 Å². The van der Waals surface area contributed by atoms with Gasteiger partial charge in [-0.1, -0.05) is 67.6 Å². The summed E-state index contributed by atoms with van der Waals surface area (Å²) in [5.41, 5.74) is 2.77. The van der Waals surface area contributed by atoms with Crippen LogP contribution in [0.5, 0.6) is 5.75 Å². The molecule has 1 heterocycles. The number of hydrogen-bond donors (Lipinski definition) is 2. The van der Waals surface area contributed by atoms with Gasteiger partial charge in [-0.3, -0.25) is 19.7 Å². The van der Waals surface area contributed by atoms with Crippen molar-refractivity contribution in [2.75, 3.05) is 12.4 Å². The lowest BCUT2D eigenvalue weighted by atomic mass is 9.72. The van der Waals surface area contributed by atoms with E-state index in [1.54, 1.807) is 19.2 Å². The Morgan fingerprint density at radius 2 is 1.69 bits per heavy atom. The topological polar surface area (TPSA) is 84.5 Å². The number of nitrogens with one attached hydrogen (secondary N) is 2. The first-order valence-corrected chi connectivity index (χ1v) is 11.6. The summed E-state index contributed by atoms with van der Waals surface area (Å²) in [4.78, 5) is 37.7. The summed E-state index contributed by atoms with van der Waals surface area (Å²) in [6, 6.07) is 24.3. The molecule has 0 saturated carbocycles. The summed E-state index contributed by atoms with van der Waals surface area (Å²) >= 11 is 0. The van der Waals surface area contributed by atoms with Crippen LogP contribution in [-0.4, -0.2) is 24.8 Å². The Morgan fingerprint density at radius 3 is 2.34 bits per heavy atom. The summed E-state index contributed by atoms with van der Waals surface area (Å²) in [6.45, 7) is 1.94. The zero-order chi connectivity index (χ0) is 24.8. The van der Waals surface area contributed by atoms with E-state index >= 15 is 0 Å². The lowest BCUT2D eigenvalue weighted by Gasteiger charge is -2.35. The van der Waals surface area contributed by atoms with E-state index in [1.807, 2.05) is 79.7 Å². The molecule has 0 aromatic heterocycles. The number of para-hydroxylation sites is 1. The van der Waals surface area contributed by atoms with Crippen molar-refractivity contribution < 1.29 is 19.1 Å². The SMILES string of the molecule is CCC1(c2ccc(NC(=O)/C(=C/c3ccccc3OC)c3ccccc3)cc2)CCC(=O)NC1=O. The van der Waals surface area contributed by atoms with Crippen LogP contribution in [0, 0.1) is 0 Å². The fraction of sp³-hybridized carbons (Fsp3) is 0.207. The molecule has 1 saturated heterocycles. The molecular weight excluding hydrogens is 440 g/mol. The Balaban J connectivity index is 1.62. The third kappa shape index (κ3) is 5.01. The highest BCUT2D eigenvalue weighted by Gasteiger charge is 2.42. The number of carbonyl (C=O) groups is 3. The molecule has 1 atom stereocenters. The fourth-order valence-electron chi connectivity index (χ4n) is 4.48. The summed E-state index contributed by atoms with van der Waals surface area (Å²) in [6.07, 6.45) is 3.18. The molecule has 4 rings (SSSR count). The second-order valence-electron chi connectivity index (χ2n) is 8.51. The standard InChI is InChI=1S/C29H28N2O4/c1-3-29(18-17-26(32)31-28(29)34)22-13-15-23(16-14-22)30-27(33)24(20-9-5-4-6-10-20)19-21-11-7-8-12-25(21)35-2/h4-16,19H,3,17-18H2,1-2H3,(H,30,33)(H,31,32,34)/b24-19+. The number of rotatable bonds is 7. The smallest absolute Gasteiger partial charge is 0.256 e. The second kappa shape index (κ2) is 10.4. The van der Waals surface area contributed by atoms with E-state index < -0.39 is 5.41 Å². The van der Waals surface area contributed by atoms with E-state index in [0.717, 1.165) is 16.7 Å². The predicted molar refractivity (Wildman–Crippen MR) is 137 cm³/mol. The van der Waals surface area contributed by atoms with Crippen LogP contribution < -0.4 is 15.4 Å². The van der Waals surface area contributed by atoms with Crippen LogP contribution in [0.25, 0.3) is 11.6 Å². The summed E-state index contributed by atoms with van der Waals surface area (Å²) in [5.74, 6) is -0.0920. The van der Waals surface area contributed by atoms with Crippen molar-refractivity contribution in [1.29, 1.82) is 0 Å². The third-order valence-corrected chi connectivity index (χ3v) is 6.53. The molecular formula is C29H28N2O4. The molecule has 3 aromatic carbocycles. The first-order chi connectivity index (χ1) is 17.0. The van der Waals surface area contributed by atoms with Gasteiger partial charge in [0.05, 0.1) is 12.5 Å². The van der Waals surface area contributed by atoms with E-state index in [1.165, 1.54) is 0 Å². The Morgan fingerprint density at radius 1 is 1.00 bits per heavy atom. The molecule has 0 bridgehead atoms. The predicted octanol–water partition coefficient (Wildman–Crippen LogP) is 4.96. The quantitative estimate of drug-likeness (QED) is 0.292. The average molecular weight is 469 g/mol. The van der Waals surface area contributed by atoms with Crippen molar-refractivity contribution in [1.82, 2.24) is 5.32 Å². The Kier molecular flexibility index (Phi) is 7.11. The minimum absolute atomic E-state index is 0.238. The number of benzene rings is 3. The summed E-state index contributed by atoms with van der Waals surface area (Å²) in [7, 11) is 1.60. The molecule has 6 nitrogen and oxygen atoms in total. The molecule has 1 unspecified atom stereocenters. The summed E-state index contributed by atoms with van der Waals surface area (Å²) in [5, 5.41) is 5.44. The minimum Gasteiger partial charge on any atom is -0.496 e. The molecule has 1 aliphatic heterocycles. The minimum atomic E-state index is -0.741. The van der Waals surface area contributed by atoms with Crippen molar-refractivity contribution >= 4 is 35.1 Å². The maximum atomic E-state index is 13.4. The first kappa shape index (κ1) is 24.0. The van der Waals surface area contributed by atoms with Gasteiger partial charge in [-0.05, 0) is 48.2 Å². The normalized spacial score (nSPS) is 18.1. The molecule has 3 amide bonds. The highest BCUT2D eigenvalue weighted by molar-refractivity contribution is 6.29. The Labute approximate surface area is 205 Å². The van der Waals surface area contributed by atoms with Crippen molar-refractivity contribution in [3.8, 4) is 5.75 Å². The Hall–Kier alpha value is -4.19. The van der Waals surface area contributed by atoms with Crippen molar-refractivity contribution in [3.05, 3.63) is 95.6 Å². The van der Waals surface area contributed by atoms with E-state index in [9.17, 15) is 14.4 Å². The average Bonchev–Trinajstić information content (AvgIpc) is 2.89. The van der Waals surface area contributed by atoms with E-state index in [2.05, 4.69) is 10.6 Å². The fourth-order valence-corrected chi connectivity index (χ4v) is 4.48. The lowest BCUT2D eigenvalue weighted by molar-refractivity contribution is -0.138. The number of piperidine rings is 1. The van der Waals surface area contributed by atoms with Crippen molar-refractivity contribution in [2.45, 2.75) is 31.6 Å². The van der Waals surface area contributed by atoms with Crippen LogP contribution in [0.4, 0.5) is 5.69 Å². The van der Waals surface area contributed by atoms with Crippen LogP contribution >= 0.6 is 0 Å². The lowest BCUT2D eigenvalue weighted by Crippen LogP contribution is -2.51. The van der Waals surface area contributed by atoms with Crippen LogP contribution in [0.15, 0.2) is 78.9 Å². The van der Waals surface area contributed by atoms with Crippen LogP contribution in [0.3, 0.4) is 0 Å². The highest BCUT2D eigenvalue weighted by atomic mass is 16.5. The zero-order valence-electron chi connectivity index (χ0n) is 19.8. The molecule has 0 spiro atoms. The van der Waals surface area contributed by atoms with Gasteiger partial charge in [0.2, 0.25) is 11.8 Å². The third-order valence-electron chi connectivity index (χ3n) is 6.53. The number of ether oxygens (including phenoxy) is 1. The van der Waals surface area contributed by atoms with Gasteiger partial charge in [0, 0.05) is 23.2 Å². The zero-order valence-corrected chi connectivity index (χ0v) is 19.8. The number of carbonyl (C=O) groups excluding carboxylic acids is 3. The van der Waals surface area contributed by atoms with Gasteiger partial charge in [-0.15, -0.1) is 0 Å². The molecule has 2 N–H and O–H groups in total. The largest absolute Gasteiger partial charge is 0.496 e. The monoisotopic (exact) mass is 468 g/mol.